The molecule has 0 atom stereocenters. The largest absolute Gasteiger partial charge is 0.457 e. The molecule has 0 saturated carbocycles. The number of hydrogen-bond acceptors (Lipinski definition) is 5. The van der Waals surface area contributed by atoms with Gasteiger partial charge in [-0.2, -0.15) is 5.26 Å². The Bertz CT molecular complexity index is 1330. The minimum absolute atomic E-state index is 0.0714. The minimum Gasteiger partial charge on any atom is -0.457 e. The van der Waals surface area contributed by atoms with Crippen molar-refractivity contribution >= 4 is 22.7 Å². The molecule has 2 aromatic heterocycles. The van der Waals surface area contributed by atoms with Crippen LogP contribution < -0.4 is 10.1 Å². The number of benzene rings is 2. The van der Waals surface area contributed by atoms with Crippen LogP contribution in [0.1, 0.15) is 5.69 Å². The fraction of sp³-hybridized carbons (Fsp3) is 0.0500. The topological polar surface area (TPSA) is 75.8 Å². The number of aryl methyl sites for hydroxylation is 1. The fourth-order valence-corrected chi connectivity index (χ4v) is 2.81. The monoisotopic (exact) mass is 413 g/mol. The molecule has 150 valence electrons. The summed E-state index contributed by atoms with van der Waals surface area (Å²) in [6.45, 7) is 0. The number of aromatic nitrogens is 3. The molecule has 0 aliphatic carbocycles. The molecular formula is C20H11F4N5O. The van der Waals surface area contributed by atoms with Gasteiger partial charge in [-0.1, -0.05) is 0 Å². The summed E-state index contributed by atoms with van der Waals surface area (Å²) in [6.07, 6.45) is 1.44. The number of nitrogens with one attached hydrogen (secondary N) is 1. The van der Waals surface area contributed by atoms with Crippen LogP contribution in [0.5, 0.6) is 11.5 Å². The Morgan fingerprint density at radius 2 is 1.77 bits per heavy atom. The number of halogens is 4. The minimum atomic E-state index is -1.92. The first kappa shape index (κ1) is 19.2. The van der Waals surface area contributed by atoms with Gasteiger partial charge in [0.05, 0.1) is 16.7 Å². The fourth-order valence-electron chi connectivity index (χ4n) is 2.81. The van der Waals surface area contributed by atoms with Crippen molar-refractivity contribution in [3.05, 3.63) is 71.6 Å². The molecule has 6 nitrogen and oxygen atoms in total. The summed E-state index contributed by atoms with van der Waals surface area (Å²) in [7, 11) is 1.61. The standard InChI is InChI=1S/C20H11F4N5O/c1-29-16-3-2-11(30-12-4-5-26-10(6-12)9-25)7-14(16)27-20(29)28-15-8-13(21)17(22)19(24)18(15)23/h2-8H,1H3,(H,27,28). The Balaban J connectivity index is 1.67. The maximum atomic E-state index is 14.0. The second kappa shape index (κ2) is 7.36. The van der Waals surface area contributed by atoms with Crippen LogP contribution >= 0.6 is 0 Å². The molecule has 0 aliphatic heterocycles. The lowest BCUT2D eigenvalue weighted by Gasteiger charge is -2.09. The number of fused-ring (bicyclic) bond motifs is 1. The van der Waals surface area contributed by atoms with Gasteiger partial charge >= 0.3 is 0 Å². The molecule has 0 spiro atoms. The van der Waals surface area contributed by atoms with Gasteiger partial charge in [0, 0.05) is 31.4 Å². The zero-order chi connectivity index (χ0) is 21.4. The molecule has 0 fully saturated rings. The van der Waals surface area contributed by atoms with E-state index in [1.807, 2.05) is 6.07 Å². The Hall–Kier alpha value is -4.13. The number of hydrogen-bond donors (Lipinski definition) is 1. The van der Waals surface area contributed by atoms with Gasteiger partial charge in [0.15, 0.2) is 23.3 Å². The molecule has 0 bridgehead atoms. The summed E-state index contributed by atoms with van der Waals surface area (Å²) in [5.74, 6) is -6.01. The van der Waals surface area contributed by atoms with Gasteiger partial charge in [0.2, 0.25) is 5.95 Å². The maximum absolute atomic E-state index is 14.0. The smallest absolute Gasteiger partial charge is 0.208 e. The highest BCUT2D eigenvalue weighted by Crippen LogP contribution is 2.30. The van der Waals surface area contributed by atoms with Crippen LogP contribution in [0.2, 0.25) is 0 Å². The molecule has 0 amide bonds. The van der Waals surface area contributed by atoms with Crippen LogP contribution in [0.3, 0.4) is 0 Å². The van der Waals surface area contributed by atoms with Gasteiger partial charge in [-0.25, -0.2) is 27.5 Å². The van der Waals surface area contributed by atoms with E-state index in [1.54, 1.807) is 31.3 Å². The predicted molar refractivity (Wildman–Crippen MR) is 99.3 cm³/mol. The van der Waals surface area contributed by atoms with E-state index in [0.29, 0.717) is 28.6 Å². The van der Waals surface area contributed by atoms with E-state index in [0.717, 1.165) is 0 Å². The van der Waals surface area contributed by atoms with Gasteiger partial charge < -0.3 is 14.6 Å². The molecule has 2 aromatic carbocycles. The summed E-state index contributed by atoms with van der Waals surface area (Å²) in [5.41, 5.74) is 0.650. The number of rotatable bonds is 4. The third-order valence-corrected chi connectivity index (χ3v) is 4.28. The van der Waals surface area contributed by atoms with E-state index >= 15 is 0 Å². The molecule has 2 heterocycles. The molecule has 0 radical (unpaired) electrons. The van der Waals surface area contributed by atoms with Crippen LogP contribution in [0.15, 0.2) is 42.6 Å². The van der Waals surface area contributed by atoms with E-state index in [4.69, 9.17) is 10.00 Å². The molecule has 1 N–H and O–H groups in total. The maximum Gasteiger partial charge on any atom is 0.208 e. The van der Waals surface area contributed by atoms with Crippen molar-refractivity contribution in [1.29, 1.82) is 5.26 Å². The molecule has 4 rings (SSSR count). The molecule has 4 aromatic rings. The number of imidazole rings is 1. The lowest BCUT2D eigenvalue weighted by atomic mass is 10.2. The molecule has 30 heavy (non-hydrogen) atoms. The van der Waals surface area contributed by atoms with E-state index < -0.39 is 29.0 Å². The van der Waals surface area contributed by atoms with Crippen molar-refractivity contribution in [2.75, 3.05) is 5.32 Å². The first-order valence-corrected chi connectivity index (χ1v) is 8.48. The summed E-state index contributed by atoms with van der Waals surface area (Å²) in [6, 6.07) is 10.4. The number of ether oxygens (including phenoxy) is 1. The van der Waals surface area contributed by atoms with Crippen molar-refractivity contribution < 1.29 is 22.3 Å². The lowest BCUT2D eigenvalue weighted by Crippen LogP contribution is -2.05. The Kier molecular flexibility index (Phi) is 4.71. The molecular weight excluding hydrogens is 402 g/mol. The highest BCUT2D eigenvalue weighted by Gasteiger charge is 2.20. The second-order valence-corrected chi connectivity index (χ2v) is 6.21. The molecule has 10 heteroatoms. The van der Waals surface area contributed by atoms with Gasteiger partial charge in [0.1, 0.15) is 23.3 Å². The summed E-state index contributed by atoms with van der Waals surface area (Å²) in [4.78, 5) is 8.12. The van der Waals surface area contributed by atoms with Crippen molar-refractivity contribution in [2.45, 2.75) is 0 Å². The van der Waals surface area contributed by atoms with Crippen molar-refractivity contribution in [3.8, 4) is 17.6 Å². The van der Waals surface area contributed by atoms with Crippen molar-refractivity contribution in [3.63, 3.8) is 0 Å². The van der Waals surface area contributed by atoms with Gasteiger partial charge in [0.25, 0.3) is 0 Å². The zero-order valence-electron chi connectivity index (χ0n) is 15.3. The number of nitriles is 1. The number of nitrogens with zero attached hydrogens (tertiary/aromatic N) is 4. The summed E-state index contributed by atoms with van der Waals surface area (Å²) in [5, 5.41) is 11.4. The normalized spacial score (nSPS) is 10.8. The molecule has 0 unspecified atom stereocenters. The first-order valence-electron chi connectivity index (χ1n) is 8.48. The van der Waals surface area contributed by atoms with Crippen LogP contribution in [-0.4, -0.2) is 14.5 Å². The Morgan fingerprint density at radius 1 is 1.00 bits per heavy atom. The Labute approximate surface area is 167 Å². The van der Waals surface area contributed by atoms with E-state index in [9.17, 15) is 17.6 Å². The third kappa shape index (κ3) is 3.37. The van der Waals surface area contributed by atoms with Crippen LogP contribution in [0.25, 0.3) is 11.0 Å². The summed E-state index contributed by atoms with van der Waals surface area (Å²) >= 11 is 0. The summed E-state index contributed by atoms with van der Waals surface area (Å²) < 4.78 is 61.3. The van der Waals surface area contributed by atoms with E-state index in [1.165, 1.54) is 16.8 Å². The average Bonchev–Trinajstić information content (AvgIpc) is 3.05. The quantitative estimate of drug-likeness (QED) is 0.292. The lowest BCUT2D eigenvalue weighted by molar-refractivity contribution is 0.411. The highest BCUT2D eigenvalue weighted by atomic mass is 19.2. The third-order valence-electron chi connectivity index (χ3n) is 4.28. The SMILES string of the molecule is Cn1c(Nc2cc(F)c(F)c(F)c2F)nc2cc(Oc3ccnc(C#N)c3)ccc21. The van der Waals surface area contributed by atoms with E-state index in [2.05, 4.69) is 15.3 Å². The van der Waals surface area contributed by atoms with Gasteiger partial charge in [-0.3, -0.25) is 0 Å². The van der Waals surface area contributed by atoms with Crippen molar-refractivity contribution in [1.82, 2.24) is 14.5 Å². The average molecular weight is 413 g/mol. The molecule has 0 aliphatic rings. The molecule has 0 saturated heterocycles. The van der Waals surface area contributed by atoms with Crippen LogP contribution in [0, 0.1) is 34.6 Å². The first-order chi connectivity index (χ1) is 14.4. The van der Waals surface area contributed by atoms with Crippen molar-refractivity contribution in [2.24, 2.45) is 7.05 Å². The highest BCUT2D eigenvalue weighted by molar-refractivity contribution is 5.81. The number of pyridine rings is 1. The predicted octanol–water partition coefficient (Wildman–Crippen LogP) is 4.93. The van der Waals surface area contributed by atoms with Gasteiger partial charge in [-0.05, 0) is 18.2 Å². The zero-order valence-corrected chi connectivity index (χ0v) is 15.3. The van der Waals surface area contributed by atoms with E-state index in [-0.39, 0.29) is 11.6 Å². The second-order valence-electron chi connectivity index (χ2n) is 6.21. The van der Waals surface area contributed by atoms with Crippen LogP contribution in [0.4, 0.5) is 29.2 Å². The van der Waals surface area contributed by atoms with Crippen LogP contribution in [-0.2, 0) is 7.05 Å². The van der Waals surface area contributed by atoms with Gasteiger partial charge in [-0.15, -0.1) is 0 Å². The Morgan fingerprint density at radius 3 is 2.53 bits per heavy atom. The number of anilines is 2.